The van der Waals surface area contributed by atoms with E-state index < -0.39 is 38.5 Å². The first kappa shape index (κ1) is 16.2. The van der Waals surface area contributed by atoms with Gasteiger partial charge in [0, 0.05) is 23.5 Å². The number of aromatic amines is 1. The maximum atomic E-state index is 12.4. The normalized spacial score (nSPS) is 15.3. The molecular formula is C13H14NO7P. The Labute approximate surface area is 124 Å². The topological polar surface area (TPSA) is 137 Å². The Morgan fingerprint density at radius 3 is 2.64 bits per heavy atom. The fourth-order valence-corrected chi connectivity index (χ4v) is 3.45. The number of nitrogens with one attached hydrogen (secondary N) is 1. The minimum Gasteiger partial charge on any atom is -0.481 e. The van der Waals surface area contributed by atoms with Crippen molar-refractivity contribution in [3.8, 4) is 0 Å². The second-order valence-electron chi connectivity index (χ2n) is 4.60. The first-order chi connectivity index (χ1) is 10.3. The number of H-pyrrole nitrogens is 1. The fourth-order valence-electron chi connectivity index (χ4n) is 2.02. The Morgan fingerprint density at radius 1 is 1.27 bits per heavy atom. The van der Waals surface area contributed by atoms with Gasteiger partial charge in [-0.2, -0.15) is 0 Å². The third kappa shape index (κ3) is 3.54. The minimum absolute atomic E-state index is 0.0344. The van der Waals surface area contributed by atoms with Crippen LogP contribution in [0.4, 0.5) is 0 Å². The lowest BCUT2D eigenvalue weighted by Crippen LogP contribution is -2.26. The number of hydrogen-bond acceptors (Lipinski definition) is 4. The number of hydrogen-bond donors (Lipinski definition) is 4. The van der Waals surface area contributed by atoms with Crippen LogP contribution in [0.2, 0.25) is 0 Å². The Morgan fingerprint density at radius 2 is 2.00 bits per heavy atom. The molecule has 0 spiro atoms. The largest absolute Gasteiger partial charge is 0.481 e. The van der Waals surface area contributed by atoms with E-state index in [0.717, 1.165) is 0 Å². The molecule has 0 aliphatic rings. The van der Waals surface area contributed by atoms with E-state index in [9.17, 15) is 19.0 Å². The Hall–Kier alpha value is -2.15. The van der Waals surface area contributed by atoms with Gasteiger partial charge in [0.05, 0.1) is 5.30 Å². The summed E-state index contributed by atoms with van der Waals surface area (Å²) >= 11 is 0. The Kier molecular flexibility index (Phi) is 4.65. The number of aromatic nitrogens is 1. The molecule has 0 amide bonds. The molecule has 2 unspecified atom stereocenters. The van der Waals surface area contributed by atoms with Gasteiger partial charge in [0.15, 0.2) is 6.10 Å². The van der Waals surface area contributed by atoms with Gasteiger partial charge in [-0.25, -0.2) is 4.79 Å². The molecule has 2 atom stereocenters. The SMILES string of the molecule is O=C(O)CCC(OP(=O)(O)c1cccc2[nH]ccc12)C(=O)O. The van der Waals surface area contributed by atoms with E-state index in [1.54, 1.807) is 18.3 Å². The van der Waals surface area contributed by atoms with E-state index in [4.69, 9.17) is 14.7 Å². The molecule has 0 bridgehead atoms. The van der Waals surface area contributed by atoms with E-state index >= 15 is 0 Å². The van der Waals surface area contributed by atoms with Crippen LogP contribution in [0.15, 0.2) is 30.5 Å². The van der Waals surface area contributed by atoms with Crippen molar-refractivity contribution in [2.75, 3.05) is 0 Å². The summed E-state index contributed by atoms with van der Waals surface area (Å²) in [5, 5.41) is 18.0. The van der Waals surface area contributed by atoms with E-state index in [1.807, 2.05) is 0 Å². The van der Waals surface area contributed by atoms with Crippen molar-refractivity contribution < 1.29 is 33.8 Å². The Balaban J connectivity index is 2.28. The summed E-state index contributed by atoms with van der Waals surface area (Å²) in [4.78, 5) is 34.6. The maximum absolute atomic E-state index is 12.4. The van der Waals surface area contributed by atoms with Gasteiger partial charge < -0.3 is 20.1 Å². The summed E-state index contributed by atoms with van der Waals surface area (Å²) in [6.45, 7) is 0. The number of benzene rings is 1. The lowest BCUT2D eigenvalue weighted by Gasteiger charge is -2.18. The monoisotopic (exact) mass is 327 g/mol. The predicted molar refractivity (Wildman–Crippen MR) is 77.1 cm³/mol. The number of carboxylic acid groups (broad SMARTS) is 2. The fraction of sp³-hybridized carbons (Fsp3) is 0.231. The van der Waals surface area contributed by atoms with Gasteiger partial charge in [-0.05, 0) is 24.6 Å². The smallest absolute Gasteiger partial charge is 0.360 e. The van der Waals surface area contributed by atoms with Gasteiger partial charge >= 0.3 is 19.5 Å². The van der Waals surface area contributed by atoms with E-state index in [0.29, 0.717) is 10.9 Å². The zero-order valence-electron chi connectivity index (χ0n) is 11.3. The van der Waals surface area contributed by atoms with Crippen LogP contribution in [0.5, 0.6) is 0 Å². The van der Waals surface area contributed by atoms with Crippen molar-refractivity contribution in [2.24, 2.45) is 0 Å². The van der Waals surface area contributed by atoms with Gasteiger partial charge in [0.2, 0.25) is 0 Å². The summed E-state index contributed by atoms with van der Waals surface area (Å²) in [5.74, 6) is -2.70. The van der Waals surface area contributed by atoms with Crippen molar-refractivity contribution in [1.82, 2.24) is 4.98 Å². The second kappa shape index (κ2) is 6.31. The number of aliphatic carboxylic acids is 2. The minimum atomic E-state index is -4.42. The van der Waals surface area contributed by atoms with Crippen LogP contribution < -0.4 is 5.30 Å². The molecular weight excluding hydrogens is 313 g/mol. The molecule has 8 nitrogen and oxygen atoms in total. The summed E-state index contributed by atoms with van der Waals surface area (Å²) in [7, 11) is -4.42. The van der Waals surface area contributed by atoms with E-state index in [-0.39, 0.29) is 5.30 Å². The molecule has 0 saturated carbocycles. The van der Waals surface area contributed by atoms with Gasteiger partial charge in [0.1, 0.15) is 0 Å². The van der Waals surface area contributed by atoms with Gasteiger partial charge in [-0.1, -0.05) is 6.07 Å². The molecule has 2 rings (SSSR count). The predicted octanol–water partition coefficient (Wildman–Crippen LogP) is 1.31. The number of carbonyl (C=O) groups is 2. The molecule has 0 fully saturated rings. The zero-order chi connectivity index (χ0) is 16.3. The van der Waals surface area contributed by atoms with Crippen molar-refractivity contribution in [3.63, 3.8) is 0 Å². The molecule has 0 radical (unpaired) electrons. The first-order valence-corrected chi connectivity index (χ1v) is 7.91. The number of fused-ring (bicyclic) bond motifs is 1. The molecule has 0 saturated heterocycles. The third-order valence-corrected chi connectivity index (χ3v) is 4.58. The second-order valence-corrected chi connectivity index (χ2v) is 6.33. The number of rotatable bonds is 7. The van der Waals surface area contributed by atoms with Crippen LogP contribution in [0, 0.1) is 0 Å². The molecule has 4 N–H and O–H groups in total. The zero-order valence-corrected chi connectivity index (χ0v) is 12.2. The summed E-state index contributed by atoms with van der Waals surface area (Å²) < 4.78 is 17.2. The quantitative estimate of drug-likeness (QED) is 0.563. The maximum Gasteiger partial charge on any atom is 0.360 e. The molecule has 2 aromatic rings. The van der Waals surface area contributed by atoms with Crippen molar-refractivity contribution >= 4 is 35.7 Å². The third-order valence-electron chi connectivity index (χ3n) is 3.04. The highest BCUT2D eigenvalue weighted by Crippen LogP contribution is 2.44. The molecule has 0 aliphatic heterocycles. The molecule has 1 heterocycles. The lowest BCUT2D eigenvalue weighted by molar-refractivity contribution is -0.146. The Bertz CT molecular complexity index is 754. The van der Waals surface area contributed by atoms with Crippen LogP contribution in [0.3, 0.4) is 0 Å². The molecule has 1 aromatic heterocycles. The van der Waals surface area contributed by atoms with Crippen LogP contribution >= 0.6 is 7.60 Å². The lowest BCUT2D eigenvalue weighted by atomic mass is 10.2. The molecule has 22 heavy (non-hydrogen) atoms. The number of carboxylic acids is 2. The molecule has 118 valence electrons. The summed E-state index contributed by atoms with van der Waals surface area (Å²) in [6.07, 6.45) is -0.988. The highest BCUT2D eigenvalue weighted by molar-refractivity contribution is 7.61. The van der Waals surface area contributed by atoms with Gasteiger partial charge in [-0.15, -0.1) is 0 Å². The van der Waals surface area contributed by atoms with Crippen LogP contribution in [0.25, 0.3) is 10.9 Å². The van der Waals surface area contributed by atoms with Crippen LogP contribution in [0.1, 0.15) is 12.8 Å². The van der Waals surface area contributed by atoms with Crippen molar-refractivity contribution in [2.45, 2.75) is 18.9 Å². The van der Waals surface area contributed by atoms with Crippen LogP contribution in [-0.2, 0) is 18.7 Å². The first-order valence-electron chi connectivity index (χ1n) is 6.34. The molecule has 1 aromatic carbocycles. The molecule has 9 heteroatoms. The van der Waals surface area contributed by atoms with Crippen LogP contribution in [-0.4, -0.2) is 38.1 Å². The summed E-state index contributed by atoms with van der Waals surface area (Å²) in [6, 6.07) is 6.17. The average molecular weight is 327 g/mol. The standard InChI is InChI=1S/C13H14NO7P/c15-12(16)5-4-10(13(17)18)21-22(19,20)11-3-1-2-9-8(11)6-7-14-9/h1-3,6-7,10,14H,4-5H2,(H,15,16)(H,17,18)(H,19,20). The van der Waals surface area contributed by atoms with Gasteiger partial charge in [-0.3, -0.25) is 13.9 Å². The van der Waals surface area contributed by atoms with Gasteiger partial charge in [0.25, 0.3) is 0 Å². The molecule has 0 aliphatic carbocycles. The van der Waals surface area contributed by atoms with Crippen molar-refractivity contribution in [3.05, 3.63) is 30.5 Å². The highest BCUT2D eigenvalue weighted by atomic mass is 31.2. The average Bonchev–Trinajstić information content (AvgIpc) is 2.90. The van der Waals surface area contributed by atoms with E-state index in [2.05, 4.69) is 4.98 Å². The summed E-state index contributed by atoms with van der Waals surface area (Å²) in [5.41, 5.74) is 0.604. The van der Waals surface area contributed by atoms with Crippen molar-refractivity contribution in [1.29, 1.82) is 0 Å². The van der Waals surface area contributed by atoms with E-state index in [1.165, 1.54) is 12.1 Å². The highest BCUT2D eigenvalue weighted by Gasteiger charge is 2.33.